The summed E-state index contributed by atoms with van der Waals surface area (Å²) in [7, 11) is 0. The third-order valence-corrected chi connectivity index (χ3v) is 8.20. The largest absolute Gasteiger partial charge is 0.456 e. The van der Waals surface area contributed by atoms with E-state index in [1.807, 2.05) is 12.1 Å². The maximum Gasteiger partial charge on any atom is 0.161 e. The summed E-state index contributed by atoms with van der Waals surface area (Å²) >= 11 is 0. The second kappa shape index (κ2) is 8.48. The van der Waals surface area contributed by atoms with Crippen molar-refractivity contribution in [3.05, 3.63) is 140 Å². The Morgan fingerprint density at radius 2 is 1.15 bits per heavy atom. The van der Waals surface area contributed by atoms with E-state index in [4.69, 9.17) is 8.83 Å². The van der Waals surface area contributed by atoms with E-state index in [0.717, 1.165) is 82.9 Å². The number of para-hydroxylation sites is 3. The fourth-order valence-corrected chi connectivity index (χ4v) is 6.37. The quantitative estimate of drug-likeness (QED) is 0.230. The van der Waals surface area contributed by atoms with Crippen molar-refractivity contribution < 1.29 is 8.83 Å². The first-order valence-electron chi connectivity index (χ1n) is 13.9. The standard InChI is InChI=1S/C38H23NO2/c1-2-12-27(13-3-1)39-32-17-6-4-15-31(32)38-37(39)36-28(16-9-19-34(36)41-38)26-11-8-10-24(22-26)25-20-21-30-29-14-5-7-18-33(29)40-35(30)23-25/h1-23H. The summed E-state index contributed by atoms with van der Waals surface area (Å²) in [6.45, 7) is 0. The number of nitrogens with zero attached hydrogens (tertiary/aromatic N) is 1. The molecule has 0 aliphatic carbocycles. The molecular weight excluding hydrogens is 502 g/mol. The molecule has 0 N–H and O–H groups in total. The van der Waals surface area contributed by atoms with Gasteiger partial charge in [-0.25, -0.2) is 0 Å². The zero-order valence-electron chi connectivity index (χ0n) is 22.0. The smallest absolute Gasteiger partial charge is 0.161 e. The summed E-state index contributed by atoms with van der Waals surface area (Å²) in [5.41, 5.74) is 11.5. The van der Waals surface area contributed by atoms with Gasteiger partial charge in [0.2, 0.25) is 0 Å². The molecule has 3 aromatic heterocycles. The van der Waals surface area contributed by atoms with Gasteiger partial charge in [-0.3, -0.25) is 0 Å². The molecule has 0 saturated carbocycles. The van der Waals surface area contributed by atoms with Gasteiger partial charge in [0.1, 0.15) is 22.3 Å². The van der Waals surface area contributed by atoms with Gasteiger partial charge in [0.25, 0.3) is 0 Å². The lowest BCUT2D eigenvalue weighted by Crippen LogP contribution is -1.93. The molecule has 9 rings (SSSR count). The molecule has 0 aliphatic heterocycles. The molecular formula is C38H23NO2. The summed E-state index contributed by atoms with van der Waals surface area (Å²) in [4.78, 5) is 0. The summed E-state index contributed by atoms with van der Waals surface area (Å²) in [6.07, 6.45) is 0. The third kappa shape index (κ3) is 3.26. The van der Waals surface area contributed by atoms with Crippen LogP contribution in [0.15, 0.2) is 148 Å². The lowest BCUT2D eigenvalue weighted by molar-refractivity contribution is 0.669. The number of aromatic nitrogens is 1. The lowest BCUT2D eigenvalue weighted by atomic mass is 9.96. The van der Waals surface area contributed by atoms with Crippen LogP contribution in [-0.2, 0) is 0 Å². The number of furan rings is 2. The van der Waals surface area contributed by atoms with Gasteiger partial charge < -0.3 is 13.4 Å². The maximum absolute atomic E-state index is 6.59. The first kappa shape index (κ1) is 22.3. The van der Waals surface area contributed by atoms with E-state index in [0.29, 0.717) is 0 Å². The van der Waals surface area contributed by atoms with Gasteiger partial charge in [0, 0.05) is 21.8 Å². The van der Waals surface area contributed by atoms with Gasteiger partial charge in [0.15, 0.2) is 5.58 Å². The number of fused-ring (bicyclic) bond motifs is 8. The highest BCUT2D eigenvalue weighted by Gasteiger charge is 2.21. The van der Waals surface area contributed by atoms with Gasteiger partial charge in [-0.05, 0) is 76.9 Å². The fraction of sp³-hybridized carbons (Fsp3) is 0. The minimum Gasteiger partial charge on any atom is -0.456 e. The number of hydrogen-bond donors (Lipinski definition) is 0. The molecule has 3 heterocycles. The summed E-state index contributed by atoms with van der Waals surface area (Å²) in [5, 5.41) is 4.51. The van der Waals surface area contributed by atoms with Crippen LogP contribution in [0.2, 0.25) is 0 Å². The highest BCUT2D eigenvalue weighted by molar-refractivity contribution is 6.20. The van der Waals surface area contributed by atoms with Crippen molar-refractivity contribution in [1.82, 2.24) is 4.57 Å². The van der Waals surface area contributed by atoms with E-state index >= 15 is 0 Å². The Balaban J connectivity index is 1.28. The van der Waals surface area contributed by atoms with Gasteiger partial charge in [0.05, 0.1) is 10.9 Å². The van der Waals surface area contributed by atoms with Crippen molar-refractivity contribution in [3.63, 3.8) is 0 Å². The highest BCUT2D eigenvalue weighted by atomic mass is 16.3. The molecule has 0 spiro atoms. The first-order valence-corrected chi connectivity index (χ1v) is 13.9. The third-order valence-electron chi connectivity index (χ3n) is 8.20. The highest BCUT2D eigenvalue weighted by Crippen LogP contribution is 2.43. The molecule has 6 aromatic carbocycles. The van der Waals surface area contributed by atoms with Crippen molar-refractivity contribution >= 4 is 54.9 Å². The Kier molecular flexibility index (Phi) is 4.61. The first-order chi connectivity index (χ1) is 20.3. The van der Waals surface area contributed by atoms with Crippen LogP contribution in [0.1, 0.15) is 0 Å². The van der Waals surface area contributed by atoms with Gasteiger partial charge in [-0.2, -0.15) is 0 Å². The molecule has 9 aromatic rings. The summed E-state index contributed by atoms with van der Waals surface area (Å²) in [5.74, 6) is 0. The lowest BCUT2D eigenvalue weighted by Gasteiger charge is -2.10. The Morgan fingerprint density at radius 1 is 0.439 bits per heavy atom. The minimum absolute atomic E-state index is 0.886. The molecule has 3 heteroatoms. The normalized spacial score (nSPS) is 11.9. The van der Waals surface area contributed by atoms with Crippen LogP contribution >= 0.6 is 0 Å². The number of hydrogen-bond acceptors (Lipinski definition) is 2. The monoisotopic (exact) mass is 525 g/mol. The molecule has 0 atom stereocenters. The second-order valence-electron chi connectivity index (χ2n) is 10.5. The van der Waals surface area contributed by atoms with Crippen LogP contribution in [0.25, 0.3) is 82.9 Å². The zero-order valence-corrected chi connectivity index (χ0v) is 22.0. The average molecular weight is 526 g/mol. The molecule has 0 bridgehead atoms. The van der Waals surface area contributed by atoms with Gasteiger partial charge in [-0.15, -0.1) is 0 Å². The maximum atomic E-state index is 6.59. The van der Waals surface area contributed by atoms with E-state index in [2.05, 4.69) is 132 Å². The predicted molar refractivity (Wildman–Crippen MR) is 169 cm³/mol. The topological polar surface area (TPSA) is 31.2 Å². The van der Waals surface area contributed by atoms with E-state index in [9.17, 15) is 0 Å². The van der Waals surface area contributed by atoms with Crippen LogP contribution in [0, 0.1) is 0 Å². The van der Waals surface area contributed by atoms with Crippen molar-refractivity contribution in [3.8, 4) is 27.9 Å². The summed E-state index contributed by atoms with van der Waals surface area (Å²) in [6, 6.07) is 48.8. The van der Waals surface area contributed by atoms with Crippen LogP contribution < -0.4 is 0 Å². The Morgan fingerprint density at radius 3 is 2.07 bits per heavy atom. The minimum atomic E-state index is 0.886. The van der Waals surface area contributed by atoms with Crippen LogP contribution in [0.3, 0.4) is 0 Å². The molecule has 0 radical (unpaired) electrons. The predicted octanol–water partition coefficient (Wildman–Crippen LogP) is 10.8. The van der Waals surface area contributed by atoms with E-state index in [-0.39, 0.29) is 0 Å². The van der Waals surface area contributed by atoms with Crippen molar-refractivity contribution in [2.75, 3.05) is 0 Å². The number of benzene rings is 6. The van der Waals surface area contributed by atoms with Gasteiger partial charge >= 0.3 is 0 Å². The zero-order chi connectivity index (χ0) is 26.9. The van der Waals surface area contributed by atoms with E-state index in [1.54, 1.807) is 0 Å². The molecule has 41 heavy (non-hydrogen) atoms. The Hall–Kier alpha value is -5.54. The average Bonchev–Trinajstić information content (AvgIpc) is 3.70. The van der Waals surface area contributed by atoms with Crippen LogP contribution in [0.4, 0.5) is 0 Å². The summed E-state index contributed by atoms with van der Waals surface area (Å²) < 4.78 is 15.1. The van der Waals surface area contributed by atoms with E-state index in [1.165, 1.54) is 0 Å². The van der Waals surface area contributed by atoms with Crippen LogP contribution in [-0.4, -0.2) is 4.57 Å². The molecule has 0 saturated heterocycles. The number of rotatable bonds is 3. The van der Waals surface area contributed by atoms with Crippen molar-refractivity contribution in [2.24, 2.45) is 0 Å². The Labute approximate surface area is 235 Å². The fourth-order valence-electron chi connectivity index (χ4n) is 6.37. The molecule has 0 fully saturated rings. The molecule has 3 nitrogen and oxygen atoms in total. The molecule has 0 unspecified atom stereocenters. The second-order valence-corrected chi connectivity index (χ2v) is 10.5. The van der Waals surface area contributed by atoms with Gasteiger partial charge in [-0.1, -0.05) is 84.9 Å². The molecule has 192 valence electrons. The molecule has 0 amide bonds. The SMILES string of the molecule is c1ccc(-n2c3ccccc3c3oc4cccc(-c5cccc(-c6ccc7c(c6)oc6ccccc67)c5)c4c32)cc1. The van der Waals surface area contributed by atoms with Crippen LogP contribution in [0.5, 0.6) is 0 Å². The van der Waals surface area contributed by atoms with E-state index < -0.39 is 0 Å². The van der Waals surface area contributed by atoms with Crippen molar-refractivity contribution in [2.45, 2.75) is 0 Å². The Bertz CT molecular complexity index is 2420. The van der Waals surface area contributed by atoms with Crippen molar-refractivity contribution in [1.29, 1.82) is 0 Å². The molecule has 0 aliphatic rings.